The molecule has 0 spiro atoms. The molecule has 3 rings (SSSR count). The van der Waals surface area contributed by atoms with Gasteiger partial charge in [0.05, 0.1) is 5.41 Å². The summed E-state index contributed by atoms with van der Waals surface area (Å²) in [5.74, 6) is 0.0976. The van der Waals surface area contributed by atoms with Crippen LogP contribution in [0.3, 0.4) is 0 Å². The molecular weight excluding hydrogens is 250 g/mol. The second-order valence-electron chi connectivity index (χ2n) is 6.73. The van der Waals surface area contributed by atoms with Crippen LogP contribution in [0.4, 0.5) is 5.69 Å². The number of nitrogens with zero attached hydrogens (tertiary/aromatic N) is 1. The maximum Gasteiger partial charge on any atom is 0.313 e. The molecule has 1 aromatic carbocycles. The third-order valence-corrected chi connectivity index (χ3v) is 5.04. The molecule has 1 N–H and O–H groups in total. The van der Waals surface area contributed by atoms with Crippen molar-refractivity contribution >= 4 is 11.7 Å². The lowest BCUT2D eigenvalue weighted by Gasteiger charge is -2.32. The van der Waals surface area contributed by atoms with Crippen LogP contribution in [0, 0.1) is 5.92 Å². The summed E-state index contributed by atoms with van der Waals surface area (Å²) in [5.41, 5.74) is 2.69. The summed E-state index contributed by atoms with van der Waals surface area (Å²) in [4.78, 5) is 14.0. The highest BCUT2D eigenvalue weighted by Gasteiger charge is 2.35. The molecule has 0 atom stereocenters. The van der Waals surface area contributed by atoms with E-state index in [9.17, 15) is 9.90 Å². The largest absolute Gasteiger partial charge is 0.481 e. The first-order valence-electron chi connectivity index (χ1n) is 7.61. The Bertz CT molecular complexity index is 532. The standard InChI is InChI=1S/C17H23NO2/c1-17(2,16(19)20)14-7-4-8-15-13(14)9-10-18(15)11-12-5-3-6-12/h4,7-8,12H,3,5-6,9-11H2,1-2H3,(H,19,20). The number of hydrogen-bond donors (Lipinski definition) is 1. The van der Waals surface area contributed by atoms with E-state index in [4.69, 9.17) is 0 Å². The average molecular weight is 273 g/mol. The summed E-state index contributed by atoms with van der Waals surface area (Å²) in [6.45, 7) is 5.79. The molecule has 1 fully saturated rings. The maximum atomic E-state index is 11.5. The maximum absolute atomic E-state index is 11.5. The zero-order chi connectivity index (χ0) is 14.3. The molecule has 0 bridgehead atoms. The van der Waals surface area contributed by atoms with Crippen LogP contribution in [0.2, 0.25) is 0 Å². The Balaban J connectivity index is 1.91. The second-order valence-corrected chi connectivity index (χ2v) is 6.73. The van der Waals surface area contributed by atoms with Gasteiger partial charge in [0.2, 0.25) is 0 Å². The van der Waals surface area contributed by atoms with Gasteiger partial charge in [0, 0.05) is 18.8 Å². The van der Waals surface area contributed by atoms with Gasteiger partial charge < -0.3 is 10.0 Å². The Morgan fingerprint density at radius 1 is 1.40 bits per heavy atom. The van der Waals surface area contributed by atoms with Crippen LogP contribution >= 0.6 is 0 Å². The van der Waals surface area contributed by atoms with Crippen LogP contribution in [-0.4, -0.2) is 24.2 Å². The number of hydrogen-bond acceptors (Lipinski definition) is 2. The summed E-state index contributed by atoms with van der Waals surface area (Å²) < 4.78 is 0. The first kappa shape index (κ1) is 13.5. The first-order chi connectivity index (χ1) is 9.50. The monoisotopic (exact) mass is 273 g/mol. The normalized spacial score (nSPS) is 18.8. The van der Waals surface area contributed by atoms with E-state index in [2.05, 4.69) is 11.0 Å². The Morgan fingerprint density at radius 3 is 2.75 bits per heavy atom. The van der Waals surface area contributed by atoms with Gasteiger partial charge in [0.15, 0.2) is 0 Å². The lowest BCUT2D eigenvalue weighted by atomic mass is 9.81. The van der Waals surface area contributed by atoms with Crippen molar-refractivity contribution in [1.82, 2.24) is 0 Å². The van der Waals surface area contributed by atoms with E-state index in [1.165, 1.54) is 30.5 Å². The van der Waals surface area contributed by atoms with Gasteiger partial charge in [-0.2, -0.15) is 0 Å². The molecule has 3 nitrogen and oxygen atoms in total. The van der Waals surface area contributed by atoms with Gasteiger partial charge in [-0.05, 0) is 56.2 Å². The fraction of sp³-hybridized carbons (Fsp3) is 0.588. The summed E-state index contributed by atoms with van der Waals surface area (Å²) in [6.07, 6.45) is 5.06. The van der Waals surface area contributed by atoms with E-state index in [-0.39, 0.29) is 0 Å². The van der Waals surface area contributed by atoms with Gasteiger partial charge in [-0.15, -0.1) is 0 Å². The average Bonchev–Trinajstić information content (AvgIpc) is 2.76. The zero-order valence-electron chi connectivity index (χ0n) is 12.4. The van der Waals surface area contributed by atoms with Gasteiger partial charge in [-0.3, -0.25) is 4.79 Å². The highest BCUT2D eigenvalue weighted by atomic mass is 16.4. The van der Waals surface area contributed by atoms with Gasteiger partial charge >= 0.3 is 5.97 Å². The quantitative estimate of drug-likeness (QED) is 0.915. The molecule has 0 unspecified atom stereocenters. The molecule has 0 amide bonds. The van der Waals surface area contributed by atoms with Gasteiger partial charge in [-0.1, -0.05) is 18.6 Å². The number of fused-ring (bicyclic) bond motifs is 1. The Kier molecular flexibility index (Phi) is 3.23. The molecular formula is C17H23NO2. The van der Waals surface area contributed by atoms with Crippen LogP contribution in [0.1, 0.15) is 44.2 Å². The lowest BCUT2D eigenvalue weighted by molar-refractivity contribution is -0.142. The molecule has 0 radical (unpaired) electrons. The van der Waals surface area contributed by atoms with Crippen LogP contribution < -0.4 is 4.90 Å². The molecule has 1 saturated carbocycles. The third-order valence-electron chi connectivity index (χ3n) is 5.04. The van der Waals surface area contributed by atoms with Crippen molar-refractivity contribution in [2.45, 2.75) is 44.9 Å². The number of carboxylic acids is 1. The van der Waals surface area contributed by atoms with Gasteiger partial charge in [0.25, 0.3) is 0 Å². The highest BCUT2D eigenvalue weighted by Crippen LogP contribution is 2.38. The number of anilines is 1. The van der Waals surface area contributed by atoms with Crippen molar-refractivity contribution in [1.29, 1.82) is 0 Å². The molecule has 3 heteroatoms. The van der Waals surface area contributed by atoms with Crippen molar-refractivity contribution in [2.24, 2.45) is 5.92 Å². The third kappa shape index (κ3) is 2.09. The molecule has 0 aromatic heterocycles. The van der Waals surface area contributed by atoms with Crippen molar-refractivity contribution in [2.75, 3.05) is 18.0 Å². The first-order valence-corrected chi connectivity index (χ1v) is 7.61. The Hall–Kier alpha value is -1.51. The van der Waals surface area contributed by atoms with E-state index in [0.717, 1.165) is 31.0 Å². The number of carboxylic acid groups (broad SMARTS) is 1. The van der Waals surface area contributed by atoms with Gasteiger partial charge in [0.1, 0.15) is 0 Å². The minimum Gasteiger partial charge on any atom is -0.481 e. The Labute approximate surface area is 120 Å². The number of aliphatic carboxylic acids is 1. The minimum atomic E-state index is -0.808. The molecule has 20 heavy (non-hydrogen) atoms. The van der Waals surface area contributed by atoms with Crippen LogP contribution in [0.15, 0.2) is 18.2 Å². The fourth-order valence-corrected chi connectivity index (χ4v) is 3.38. The highest BCUT2D eigenvalue weighted by molar-refractivity contribution is 5.82. The summed E-state index contributed by atoms with van der Waals surface area (Å²) in [6, 6.07) is 6.15. The molecule has 2 aliphatic rings. The van der Waals surface area contributed by atoms with Crippen molar-refractivity contribution in [3.05, 3.63) is 29.3 Å². The predicted octanol–water partition coefficient (Wildman–Crippen LogP) is 3.21. The van der Waals surface area contributed by atoms with Crippen molar-refractivity contribution < 1.29 is 9.90 Å². The van der Waals surface area contributed by atoms with Crippen LogP contribution in [0.25, 0.3) is 0 Å². The molecule has 1 aliphatic carbocycles. The summed E-state index contributed by atoms with van der Waals surface area (Å²) in [7, 11) is 0. The Morgan fingerprint density at radius 2 is 2.15 bits per heavy atom. The molecule has 1 aliphatic heterocycles. The van der Waals surface area contributed by atoms with Crippen molar-refractivity contribution in [3.8, 4) is 0 Å². The fourth-order valence-electron chi connectivity index (χ4n) is 3.38. The van der Waals surface area contributed by atoms with E-state index < -0.39 is 11.4 Å². The lowest BCUT2D eigenvalue weighted by Crippen LogP contribution is -2.31. The second kappa shape index (κ2) is 4.80. The van der Waals surface area contributed by atoms with Gasteiger partial charge in [-0.25, -0.2) is 0 Å². The molecule has 108 valence electrons. The van der Waals surface area contributed by atoms with Crippen LogP contribution in [0.5, 0.6) is 0 Å². The molecule has 1 heterocycles. The number of benzene rings is 1. The molecule has 1 aromatic rings. The van der Waals surface area contributed by atoms with E-state index in [1.54, 1.807) is 13.8 Å². The summed E-state index contributed by atoms with van der Waals surface area (Å²) >= 11 is 0. The molecule has 0 saturated heterocycles. The summed E-state index contributed by atoms with van der Waals surface area (Å²) in [5, 5.41) is 9.47. The van der Waals surface area contributed by atoms with E-state index >= 15 is 0 Å². The van der Waals surface area contributed by atoms with E-state index in [0.29, 0.717) is 0 Å². The van der Waals surface area contributed by atoms with Crippen molar-refractivity contribution in [3.63, 3.8) is 0 Å². The smallest absolute Gasteiger partial charge is 0.313 e. The number of rotatable bonds is 4. The van der Waals surface area contributed by atoms with E-state index in [1.807, 2.05) is 12.1 Å². The SMILES string of the molecule is CC(C)(C(=O)O)c1cccc2c1CCN2CC1CCC1. The van der Waals surface area contributed by atoms with Crippen LogP contribution in [-0.2, 0) is 16.6 Å². The number of carbonyl (C=O) groups is 1. The topological polar surface area (TPSA) is 40.5 Å². The zero-order valence-corrected chi connectivity index (χ0v) is 12.4. The minimum absolute atomic E-state index is 0.747. The predicted molar refractivity (Wildman–Crippen MR) is 80.4 cm³/mol.